The number of halogens is 2. The summed E-state index contributed by atoms with van der Waals surface area (Å²) < 4.78 is 1.13. The molecule has 0 N–H and O–H groups in total. The summed E-state index contributed by atoms with van der Waals surface area (Å²) in [4.78, 5) is 4.78. The summed E-state index contributed by atoms with van der Waals surface area (Å²) in [6.07, 6.45) is 2.54. The van der Waals surface area contributed by atoms with Crippen LogP contribution in [0.5, 0.6) is 0 Å². The first-order valence-electron chi connectivity index (χ1n) is 6.84. The standard InChI is InChI=1S/C15H22BrClN2/c1-18(2)11-12-5-7-19(8-6-12)15-9-14(16)4-3-13(15)10-17/h3-4,9,12H,5-8,10-11H2,1-2H3. The Hall–Kier alpha value is -0.250. The molecule has 0 radical (unpaired) electrons. The van der Waals surface area contributed by atoms with Crippen LogP contribution in [-0.2, 0) is 5.88 Å². The fourth-order valence-electron chi connectivity index (χ4n) is 2.82. The van der Waals surface area contributed by atoms with Gasteiger partial charge in [0, 0.05) is 35.7 Å². The average Bonchev–Trinajstić information content (AvgIpc) is 2.39. The van der Waals surface area contributed by atoms with Crippen molar-refractivity contribution in [3.8, 4) is 0 Å². The molecule has 1 fully saturated rings. The van der Waals surface area contributed by atoms with E-state index in [9.17, 15) is 0 Å². The summed E-state index contributed by atoms with van der Waals surface area (Å²) in [6.45, 7) is 3.48. The SMILES string of the molecule is CN(C)CC1CCN(c2cc(Br)ccc2CCl)CC1. The topological polar surface area (TPSA) is 6.48 Å². The zero-order valence-electron chi connectivity index (χ0n) is 11.7. The van der Waals surface area contributed by atoms with E-state index in [-0.39, 0.29) is 0 Å². The molecule has 0 amide bonds. The summed E-state index contributed by atoms with van der Waals surface area (Å²) in [5.41, 5.74) is 2.53. The van der Waals surface area contributed by atoms with Gasteiger partial charge in [0.05, 0.1) is 0 Å². The maximum atomic E-state index is 6.05. The molecule has 0 spiro atoms. The molecule has 1 aliphatic heterocycles. The second-order valence-corrected chi connectivity index (χ2v) is 6.78. The monoisotopic (exact) mass is 344 g/mol. The van der Waals surface area contributed by atoms with Gasteiger partial charge in [0.1, 0.15) is 0 Å². The molecule has 0 aromatic heterocycles. The van der Waals surface area contributed by atoms with Crippen LogP contribution in [-0.4, -0.2) is 38.6 Å². The van der Waals surface area contributed by atoms with E-state index in [0.29, 0.717) is 5.88 Å². The third-order valence-corrected chi connectivity index (χ3v) is 4.55. The first-order valence-corrected chi connectivity index (χ1v) is 8.17. The zero-order chi connectivity index (χ0) is 13.8. The first-order chi connectivity index (χ1) is 9.10. The molecular formula is C15H22BrClN2. The van der Waals surface area contributed by atoms with Crippen LogP contribution in [0.25, 0.3) is 0 Å². The van der Waals surface area contributed by atoms with Crippen molar-refractivity contribution in [2.75, 3.05) is 38.6 Å². The average molecular weight is 346 g/mol. The number of hydrogen-bond acceptors (Lipinski definition) is 2. The number of piperidine rings is 1. The van der Waals surface area contributed by atoms with Crippen LogP contribution in [0.2, 0.25) is 0 Å². The molecule has 106 valence electrons. The summed E-state index contributed by atoms with van der Waals surface area (Å²) in [5.74, 6) is 1.41. The summed E-state index contributed by atoms with van der Waals surface area (Å²) in [7, 11) is 4.32. The smallest absolute Gasteiger partial charge is 0.0494 e. The molecule has 0 aliphatic carbocycles. The summed E-state index contributed by atoms with van der Waals surface area (Å²) >= 11 is 9.61. The second kappa shape index (κ2) is 6.96. The van der Waals surface area contributed by atoms with Crippen LogP contribution in [0.1, 0.15) is 18.4 Å². The van der Waals surface area contributed by atoms with Crippen molar-refractivity contribution in [1.29, 1.82) is 0 Å². The third kappa shape index (κ3) is 4.11. The number of anilines is 1. The van der Waals surface area contributed by atoms with Gasteiger partial charge in [0.2, 0.25) is 0 Å². The predicted molar refractivity (Wildman–Crippen MR) is 87.2 cm³/mol. The van der Waals surface area contributed by atoms with Crippen molar-refractivity contribution >= 4 is 33.2 Å². The van der Waals surface area contributed by atoms with E-state index in [4.69, 9.17) is 11.6 Å². The molecule has 4 heteroatoms. The van der Waals surface area contributed by atoms with Crippen molar-refractivity contribution in [3.63, 3.8) is 0 Å². The Bertz CT molecular complexity index is 415. The molecule has 19 heavy (non-hydrogen) atoms. The van der Waals surface area contributed by atoms with Gasteiger partial charge >= 0.3 is 0 Å². The van der Waals surface area contributed by atoms with Crippen LogP contribution in [0.3, 0.4) is 0 Å². The highest BCUT2D eigenvalue weighted by atomic mass is 79.9. The van der Waals surface area contributed by atoms with Gasteiger partial charge in [-0.05, 0) is 50.6 Å². The normalized spacial score (nSPS) is 17.2. The molecule has 1 heterocycles. The number of alkyl halides is 1. The Morgan fingerprint density at radius 1 is 1.32 bits per heavy atom. The number of nitrogens with zero attached hydrogens (tertiary/aromatic N) is 2. The quantitative estimate of drug-likeness (QED) is 0.762. The van der Waals surface area contributed by atoms with E-state index in [1.165, 1.54) is 30.6 Å². The van der Waals surface area contributed by atoms with Crippen molar-refractivity contribution in [2.45, 2.75) is 18.7 Å². The lowest BCUT2D eigenvalue weighted by molar-refractivity contribution is 0.285. The molecular weight excluding hydrogens is 324 g/mol. The minimum atomic E-state index is 0.584. The Morgan fingerprint density at radius 2 is 2.00 bits per heavy atom. The van der Waals surface area contributed by atoms with Gasteiger partial charge in [-0.1, -0.05) is 22.0 Å². The highest BCUT2D eigenvalue weighted by Gasteiger charge is 2.21. The van der Waals surface area contributed by atoms with Crippen LogP contribution < -0.4 is 4.90 Å². The van der Waals surface area contributed by atoms with Crippen molar-refractivity contribution in [2.24, 2.45) is 5.92 Å². The minimum absolute atomic E-state index is 0.584. The fraction of sp³-hybridized carbons (Fsp3) is 0.600. The van der Waals surface area contributed by atoms with Gasteiger partial charge in [0.15, 0.2) is 0 Å². The highest BCUT2D eigenvalue weighted by Crippen LogP contribution is 2.30. The molecule has 1 saturated heterocycles. The van der Waals surface area contributed by atoms with Crippen LogP contribution in [0, 0.1) is 5.92 Å². The number of benzene rings is 1. The molecule has 0 atom stereocenters. The summed E-state index contributed by atoms with van der Waals surface area (Å²) in [6, 6.07) is 6.39. The molecule has 1 aromatic rings. The van der Waals surface area contributed by atoms with E-state index in [1.54, 1.807) is 0 Å². The van der Waals surface area contributed by atoms with E-state index >= 15 is 0 Å². The van der Waals surface area contributed by atoms with Crippen LogP contribution in [0.15, 0.2) is 22.7 Å². The van der Waals surface area contributed by atoms with Gasteiger partial charge in [-0.2, -0.15) is 0 Å². The molecule has 1 aliphatic rings. The first kappa shape index (κ1) is 15.1. The van der Waals surface area contributed by atoms with Gasteiger partial charge in [0.25, 0.3) is 0 Å². The van der Waals surface area contributed by atoms with Gasteiger partial charge in [-0.3, -0.25) is 0 Å². The van der Waals surface area contributed by atoms with E-state index < -0.39 is 0 Å². The molecule has 2 nitrogen and oxygen atoms in total. The minimum Gasteiger partial charge on any atom is -0.371 e. The van der Waals surface area contributed by atoms with Crippen molar-refractivity contribution < 1.29 is 0 Å². The van der Waals surface area contributed by atoms with Crippen molar-refractivity contribution in [1.82, 2.24) is 4.90 Å². The Labute approximate surface area is 129 Å². The number of hydrogen-bond donors (Lipinski definition) is 0. The van der Waals surface area contributed by atoms with Crippen molar-refractivity contribution in [3.05, 3.63) is 28.2 Å². The Morgan fingerprint density at radius 3 is 2.58 bits per heavy atom. The molecule has 1 aromatic carbocycles. The van der Waals surface area contributed by atoms with Crippen LogP contribution in [0.4, 0.5) is 5.69 Å². The maximum absolute atomic E-state index is 6.05. The highest BCUT2D eigenvalue weighted by molar-refractivity contribution is 9.10. The molecule has 0 unspecified atom stereocenters. The molecule has 2 rings (SSSR count). The zero-order valence-corrected chi connectivity index (χ0v) is 14.0. The lowest BCUT2D eigenvalue weighted by Crippen LogP contribution is -2.37. The molecule has 0 saturated carbocycles. The third-order valence-electron chi connectivity index (χ3n) is 3.77. The Kier molecular flexibility index (Phi) is 5.55. The van der Waals surface area contributed by atoms with Gasteiger partial charge in [-0.15, -0.1) is 11.6 Å². The van der Waals surface area contributed by atoms with E-state index in [2.05, 4.69) is 58.0 Å². The summed E-state index contributed by atoms with van der Waals surface area (Å²) in [5, 5.41) is 0. The lowest BCUT2D eigenvalue weighted by Gasteiger charge is -2.35. The predicted octanol–water partition coefficient (Wildman–Crippen LogP) is 3.97. The second-order valence-electron chi connectivity index (χ2n) is 5.60. The number of rotatable bonds is 4. The largest absolute Gasteiger partial charge is 0.371 e. The Balaban J connectivity index is 2.03. The lowest BCUT2D eigenvalue weighted by atomic mass is 9.95. The maximum Gasteiger partial charge on any atom is 0.0494 e. The van der Waals surface area contributed by atoms with E-state index in [1.807, 2.05) is 0 Å². The fourth-order valence-corrected chi connectivity index (χ4v) is 3.39. The van der Waals surface area contributed by atoms with Crippen LogP contribution >= 0.6 is 27.5 Å². The van der Waals surface area contributed by atoms with Gasteiger partial charge in [-0.25, -0.2) is 0 Å². The van der Waals surface area contributed by atoms with E-state index in [0.717, 1.165) is 23.5 Å². The molecule has 0 bridgehead atoms. The van der Waals surface area contributed by atoms with Gasteiger partial charge < -0.3 is 9.80 Å².